The largest absolute Gasteiger partial charge is 0.392 e. The fourth-order valence-electron chi connectivity index (χ4n) is 1.34. The minimum Gasteiger partial charge on any atom is -0.392 e. The van der Waals surface area contributed by atoms with Crippen LogP contribution in [-0.2, 0) is 0 Å². The van der Waals surface area contributed by atoms with E-state index in [9.17, 15) is 5.11 Å². The van der Waals surface area contributed by atoms with Crippen LogP contribution in [0.25, 0.3) is 0 Å². The maximum absolute atomic E-state index is 9.69. The second-order valence-corrected chi connectivity index (χ2v) is 5.28. The molecule has 1 aliphatic carbocycles. The van der Waals surface area contributed by atoms with Gasteiger partial charge in [-0.05, 0) is 25.2 Å². The Balaban J connectivity index is 2.05. The van der Waals surface area contributed by atoms with Crippen molar-refractivity contribution < 1.29 is 5.11 Å². The zero-order valence-electron chi connectivity index (χ0n) is 8.12. The summed E-state index contributed by atoms with van der Waals surface area (Å²) in [4.78, 5) is 0. The fraction of sp³-hybridized carbons (Fsp3) is 1.00. The van der Waals surface area contributed by atoms with Gasteiger partial charge in [0.2, 0.25) is 0 Å². The first-order chi connectivity index (χ1) is 5.74. The quantitative estimate of drug-likeness (QED) is 0.716. The minimum absolute atomic E-state index is 0.0299. The summed E-state index contributed by atoms with van der Waals surface area (Å²) in [6, 6.07) is 0. The molecule has 0 amide bonds. The molecule has 1 saturated carbocycles. The van der Waals surface area contributed by atoms with Gasteiger partial charge in [0.15, 0.2) is 0 Å². The molecule has 2 unspecified atom stereocenters. The molecule has 0 spiro atoms. The highest BCUT2D eigenvalue weighted by Gasteiger charge is 2.25. The molecule has 1 rings (SSSR count). The first-order valence-electron chi connectivity index (χ1n) is 5.03. The molecule has 72 valence electrons. The summed E-state index contributed by atoms with van der Waals surface area (Å²) in [5, 5.41) is 10.4. The van der Waals surface area contributed by atoms with E-state index in [1.807, 2.05) is 11.8 Å². The van der Waals surface area contributed by atoms with Crippen molar-refractivity contribution in [2.45, 2.75) is 50.9 Å². The molecule has 0 aromatic heterocycles. The molecule has 0 aromatic rings. The van der Waals surface area contributed by atoms with Crippen LogP contribution in [0.2, 0.25) is 0 Å². The van der Waals surface area contributed by atoms with Gasteiger partial charge in [-0.25, -0.2) is 0 Å². The van der Waals surface area contributed by atoms with E-state index in [1.54, 1.807) is 0 Å². The molecule has 2 atom stereocenters. The molecule has 0 aromatic carbocycles. The van der Waals surface area contributed by atoms with Crippen molar-refractivity contribution >= 4 is 11.8 Å². The zero-order valence-corrected chi connectivity index (χ0v) is 8.94. The van der Waals surface area contributed by atoms with Crippen molar-refractivity contribution in [2.24, 2.45) is 5.92 Å². The fourth-order valence-corrected chi connectivity index (χ4v) is 2.37. The van der Waals surface area contributed by atoms with Gasteiger partial charge in [0.1, 0.15) is 0 Å². The van der Waals surface area contributed by atoms with Crippen LogP contribution in [0.4, 0.5) is 0 Å². The predicted octanol–water partition coefficient (Wildman–Crippen LogP) is 2.68. The summed E-state index contributed by atoms with van der Waals surface area (Å²) in [6.45, 7) is 4.44. The zero-order chi connectivity index (χ0) is 8.97. The van der Waals surface area contributed by atoms with Crippen molar-refractivity contribution in [3.63, 3.8) is 0 Å². The molecular weight excluding hydrogens is 168 g/mol. The highest BCUT2D eigenvalue weighted by Crippen LogP contribution is 2.31. The molecule has 12 heavy (non-hydrogen) atoms. The lowest BCUT2D eigenvalue weighted by Crippen LogP contribution is -2.29. The number of hydrogen-bond acceptors (Lipinski definition) is 2. The van der Waals surface area contributed by atoms with Crippen molar-refractivity contribution in [2.75, 3.05) is 5.75 Å². The molecule has 0 aliphatic heterocycles. The summed E-state index contributed by atoms with van der Waals surface area (Å²) in [5.41, 5.74) is 0. The Hall–Kier alpha value is 0.310. The maximum atomic E-state index is 9.69. The first-order valence-corrected chi connectivity index (χ1v) is 6.08. The second kappa shape index (κ2) is 5.13. The van der Waals surface area contributed by atoms with Crippen LogP contribution < -0.4 is 0 Å². The van der Waals surface area contributed by atoms with Gasteiger partial charge in [0.05, 0.1) is 6.10 Å². The van der Waals surface area contributed by atoms with Gasteiger partial charge in [0, 0.05) is 11.0 Å². The summed E-state index contributed by atoms with van der Waals surface area (Å²) >= 11 is 1.91. The molecule has 1 fully saturated rings. The summed E-state index contributed by atoms with van der Waals surface area (Å²) in [7, 11) is 0. The molecule has 0 bridgehead atoms. The van der Waals surface area contributed by atoms with Crippen LogP contribution in [0, 0.1) is 5.92 Å². The van der Waals surface area contributed by atoms with E-state index >= 15 is 0 Å². The maximum Gasteiger partial charge on any atom is 0.0658 e. The third-order valence-corrected chi connectivity index (χ3v) is 4.26. The summed E-state index contributed by atoms with van der Waals surface area (Å²) in [5.74, 6) is 1.57. The van der Waals surface area contributed by atoms with Crippen LogP contribution in [0.3, 0.4) is 0 Å². The van der Waals surface area contributed by atoms with E-state index in [-0.39, 0.29) is 6.10 Å². The van der Waals surface area contributed by atoms with E-state index in [0.717, 1.165) is 5.75 Å². The topological polar surface area (TPSA) is 20.2 Å². The molecule has 0 heterocycles. The van der Waals surface area contributed by atoms with Crippen molar-refractivity contribution in [3.05, 3.63) is 0 Å². The van der Waals surface area contributed by atoms with Crippen LogP contribution >= 0.6 is 11.8 Å². The Morgan fingerprint density at radius 3 is 2.58 bits per heavy atom. The molecule has 0 radical (unpaired) electrons. The smallest absolute Gasteiger partial charge is 0.0658 e. The predicted molar refractivity (Wildman–Crippen MR) is 55.6 cm³/mol. The lowest BCUT2D eigenvalue weighted by Gasteiger charge is -2.30. The van der Waals surface area contributed by atoms with Crippen molar-refractivity contribution in [3.8, 4) is 0 Å². The van der Waals surface area contributed by atoms with E-state index in [2.05, 4.69) is 13.8 Å². The number of aliphatic hydroxyl groups excluding tert-OH is 1. The van der Waals surface area contributed by atoms with Gasteiger partial charge in [-0.15, -0.1) is 0 Å². The Kier molecular flexibility index (Phi) is 4.44. The SMILES string of the molecule is CCC(C)SCC(O)C1CCC1. The van der Waals surface area contributed by atoms with Crippen LogP contribution in [0.15, 0.2) is 0 Å². The number of thioether (sulfide) groups is 1. The summed E-state index contributed by atoms with van der Waals surface area (Å²) < 4.78 is 0. The summed E-state index contributed by atoms with van der Waals surface area (Å²) in [6.07, 6.45) is 5.01. The lowest BCUT2D eigenvalue weighted by molar-refractivity contribution is 0.0816. The van der Waals surface area contributed by atoms with Crippen LogP contribution in [0.5, 0.6) is 0 Å². The van der Waals surface area contributed by atoms with E-state index in [1.165, 1.54) is 25.7 Å². The van der Waals surface area contributed by atoms with Gasteiger partial charge >= 0.3 is 0 Å². The van der Waals surface area contributed by atoms with Crippen molar-refractivity contribution in [1.29, 1.82) is 0 Å². The minimum atomic E-state index is -0.0299. The number of aliphatic hydroxyl groups is 1. The molecule has 1 N–H and O–H groups in total. The van der Waals surface area contributed by atoms with Gasteiger partial charge in [0.25, 0.3) is 0 Å². The average Bonchev–Trinajstić information content (AvgIpc) is 1.97. The Morgan fingerprint density at radius 2 is 2.17 bits per heavy atom. The second-order valence-electron chi connectivity index (χ2n) is 3.81. The van der Waals surface area contributed by atoms with E-state index < -0.39 is 0 Å². The Morgan fingerprint density at radius 1 is 1.50 bits per heavy atom. The molecular formula is C10H20OS. The van der Waals surface area contributed by atoms with Crippen LogP contribution in [0.1, 0.15) is 39.5 Å². The molecule has 1 aliphatic rings. The first kappa shape index (κ1) is 10.4. The molecule has 0 saturated heterocycles. The highest BCUT2D eigenvalue weighted by atomic mass is 32.2. The highest BCUT2D eigenvalue weighted by molar-refractivity contribution is 7.99. The number of rotatable bonds is 5. The van der Waals surface area contributed by atoms with Gasteiger partial charge < -0.3 is 5.11 Å². The molecule has 1 nitrogen and oxygen atoms in total. The van der Waals surface area contributed by atoms with E-state index in [4.69, 9.17) is 0 Å². The normalized spacial score (nSPS) is 23.2. The number of hydrogen-bond donors (Lipinski definition) is 1. The van der Waals surface area contributed by atoms with E-state index in [0.29, 0.717) is 11.2 Å². The van der Waals surface area contributed by atoms with Crippen molar-refractivity contribution in [1.82, 2.24) is 0 Å². The third kappa shape index (κ3) is 2.98. The van der Waals surface area contributed by atoms with Gasteiger partial charge in [-0.3, -0.25) is 0 Å². The van der Waals surface area contributed by atoms with Gasteiger partial charge in [-0.2, -0.15) is 11.8 Å². The third-order valence-electron chi connectivity index (χ3n) is 2.82. The average molecular weight is 188 g/mol. The monoisotopic (exact) mass is 188 g/mol. The van der Waals surface area contributed by atoms with Gasteiger partial charge in [-0.1, -0.05) is 20.3 Å². The Bertz CT molecular complexity index is 123. The van der Waals surface area contributed by atoms with Crippen LogP contribution in [-0.4, -0.2) is 22.2 Å². The molecule has 2 heteroatoms. The standard InChI is InChI=1S/C10H20OS/c1-3-8(2)12-7-10(11)9-5-4-6-9/h8-11H,3-7H2,1-2H3. The Labute approximate surface area is 79.9 Å². The lowest BCUT2D eigenvalue weighted by atomic mass is 9.82.